The molecule has 20 heavy (non-hydrogen) atoms. The molecule has 3 aromatic rings. The van der Waals surface area contributed by atoms with Crippen LogP contribution in [0.1, 0.15) is 16.7 Å². The lowest BCUT2D eigenvalue weighted by Crippen LogP contribution is -2.01. The average molecular weight is 264 g/mol. The fourth-order valence-electron chi connectivity index (χ4n) is 2.84. The molecule has 0 aliphatic heterocycles. The molecule has 0 saturated carbocycles. The highest BCUT2D eigenvalue weighted by atomic mass is 14.7. The van der Waals surface area contributed by atoms with E-state index in [1.54, 1.807) is 0 Å². The van der Waals surface area contributed by atoms with Crippen LogP contribution < -0.4 is 5.73 Å². The van der Waals surface area contributed by atoms with Crippen LogP contribution in [0.3, 0.4) is 0 Å². The van der Waals surface area contributed by atoms with Gasteiger partial charge in [-0.05, 0) is 49.1 Å². The van der Waals surface area contributed by atoms with Gasteiger partial charge >= 0.3 is 0 Å². The number of aromatic nitrogens is 1. The third-order valence-corrected chi connectivity index (χ3v) is 4.11. The van der Waals surface area contributed by atoms with Crippen molar-refractivity contribution in [2.75, 3.05) is 6.54 Å². The fourth-order valence-corrected chi connectivity index (χ4v) is 2.84. The van der Waals surface area contributed by atoms with E-state index in [2.05, 4.69) is 61.4 Å². The molecule has 0 bridgehead atoms. The first-order valence-electron chi connectivity index (χ1n) is 7.08. The lowest BCUT2D eigenvalue weighted by atomic mass is 9.95. The van der Waals surface area contributed by atoms with Crippen LogP contribution in [0, 0.1) is 13.8 Å². The third-order valence-electron chi connectivity index (χ3n) is 4.11. The summed E-state index contributed by atoms with van der Waals surface area (Å²) in [7, 11) is 0. The molecular formula is C18H20N2. The van der Waals surface area contributed by atoms with Crippen LogP contribution in [0.5, 0.6) is 0 Å². The van der Waals surface area contributed by atoms with Crippen molar-refractivity contribution >= 4 is 10.9 Å². The number of para-hydroxylation sites is 1. The number of hydrogen-bond acceptors (Lipinski definition) is 1. The monoisotopic (exact) mass is 264 g/mol. The molecule has 0 fully saturated rings. The quantitative estimate of drug-likeness (QED) is 0.739. The second-order valence-electron chi connectivity index (χ2n) is 5.33. The van der Waals surface area contributed by atoms with Gasteiger partial charge in [0, 0.05) is 17.1 Å². The van der Waals surface area contributed by atoms with E-state index in [0.29, 0.717) is 6.54 Å². The molecule has 0 aliphatic carbocycles. The van der Waals surface area contributed by atoms with Crippen molar-refractivity contribution in [1.29, 1.82) is 0 Å². The lowest BCUT2D eigenvalue weighted by Gasteiger charge is -2.10. The van der Waals surface area contributed by atoms with Gasteiger partial charge in [0.1, 0.15) is 0 Å². The highest BCUT2D eigenvalue weighted by molar-refractivity contribution is 5.96. The molecule has 0 spiro atoms. The lowest BCUT2D eigenvalue weighted by molar-refractivity contribution is 0.976. The maximum atomic E-state index is 5.69. The van der Waals surface area contributed by atoms with E-state index in [4.69, 9.17) is 5.73 Å². The molecule has 0 atom stereocenters. The van der Waals surface area contributed by atoms with Gasteiger partial charge in [0.15, 0.2) is 0 Å². The molecule has 0 unspecified atom stereocenters. The Hall–Kier alpha value is -2.06. The summed E-state index contributed by atoms with van der Waals surface area (Å²) in [5.74, 6) is 0. The van der Waals surface area contributed by atoms with Crippen LogP contribution in [0.4, 0.5) is 0 Å². The molecule has 0 radical (unpaired) electrons. The minimum absolute atomic E-state index is 0.681. The predicted molar refractivity (Wildman–Crippen MR) is 86.0 cm³/mol. The Balaban J connectivity index is 2.24. The van der Waals surface area contributed by atoms with Crippen LogP contribution in [-0.2, 0) is 6.42 Å². The van der Waals surface area contributed by atoms with E-state index in [1.807, 2.05) is 0 Å². The molecule has 1 heterocycles. The number of aryl methyl sites for hydroxylation is 1. The normalized spacial score (nSPS) is 11.2. The zero-order valence-electron chi connectivity index (χ0n) is 12.0. The minimum atomic E-state index is 0.681. The molecule has 0 saturated heterocycles. The van der Waals surface area contributed by atoms with Crippen molar-refractivity contribution in [1.82, 2.24) is 4.98 Å². The summed E-state index contributed by atoms with van der Waals surface area (Å²) in [5.41, 5.74) is 13.4. The first kappa shape index (κ1) is 12.9. The Bertz CT molecular complexity index is 753. The molecule has 0 aliphatic rings. The largest absolute Gasteiger partial charge is 0.360 e. The van der Waals surface area contributed by atoms with E-state index in [-0.39, 0.29) is 0 Å². The summed E-state index contributed by atoms with van der Waals surface area (Å²) in [5, 5.41) is 1.29. The van der Waals surface area contributed by atoms with Gasteiger partial charge in [0.2, 0.25) is 0 Å². The van der Waals surface area contributed by atoms with E-state index in [0.717, 1.165) is 6.42 Å². The number of hydrogen-bond donors (Lipinski definition) is 2. The van der Waals surface area contributed by atoms with Gasteiger partial charge in [-0.25, -0.2) is 0 Å². The SMILES string of the molecule is Cc1cccc(-c2cccc3c(CCN)c[nH]c23)c1C. The van der Waals surface area contributed by atoms with Crippen molar-refractivity contribution in [3.8, 4) is 11.1 Å². The van der Waals surface area contributed by atoms with E-state index < -0.39 is 0 Å². The molecule has 102 valence electrons. The third kappa shape index (κ3) is 2.02. The van der Waals surface area contributed by atoms with Gasteiger partial charge in [0.25, 0.3) is 0 Å². The fraction of sp³-hybridized carbons (Fsp3) is 0.222. The molecular weight excluding hydrogens is 244 g/mol. The van der Waals surface area contributed by atoms with Crippen LogP contribution >= 0.6 is 0 Å². The summed E-state index contributed by atoms with van der Waals surface area (Å²) in [6, 6.07) is 13.0. The number of aromatic amines is 1. The van der Waals surface area contributed by atoms with Crippen LogP contribution in [0.2, 0.25) is 0 Å². The van der Waals surface area contributed by atoms with Gasteiger partial charge < -0.3 is 10.7 Å². The van der Waals surface area contributed by atoms with Gasteiger partial charge in [-0.2, -0.15) is 0 Å². The van der Waals surface area contributed by atoms with Crippen LogP contribution in [0.25, 0.3) is 22.0 Å². The highest BCUT2D eigenvalue weighted by Crippen LogP contribution is 2.32. The zero-order valence-corrected chi connectivity index (χ0v) is 12.0. The number of nitrogens with two attached hydrogens (primary N) is 1. The summed E-state index contributed by atoms with van der Waals surface area (Å²) in [6.45, 7) is 5.03. The zero-order chi connectivity index (χ0) is 14.1. The first-order valence-corrected chi connectivity index (χ1v) is 7.08. The first-order chi connectivity index (χ1) is 9.72. The van der Waals surface area contributed by atoms with Gasteiger partial charge in [-0.3, -0.25) is 0 Å². The van der Waals surface area contributed by atoms with Crippen LogP contribution in [0.15, 0.2) is 42.6 Å². The van der Waals surface area contributed by atoms with Crippen molar-refractivity contribution in [3.63, 3.8) is 0 Å². The van der Waals surface area contributed by atoms with E-state index in [1.165, 1.54) is 38.7 Å². The average Bonchev–Trinajstić information content (AvgIpc) is 2.86. The van der Waals surface area contributed by atoms with Crippen molar-refractivity contribution in [3.05, 3.63) is 59.3 Å². The van der Waals surface area contributed by atoms with E-state index in [9.17, 15) is 0 Å². The number of rotatable bonds is 3. The number of H-pyrrole nitrogens is 1. The van der Waals surface area contributed by atoms with Crippen molar-refractivity contribution < 1.29 is 0 Å². The Morgan fingerprint density at radius 1 is 1.00 bits per heavy atom. The van der Waals surface area contributed by atoms with Crippen LogP contribution in [-0.4, -0.2) is 11.5 Å². The van der Waals surface area contributed by atoms with Crippen molar-refractivity contribution in [2.24, 2.45) is 5.73 Å². The van der Waals surface area contributed by atoms with Gasteiger partial charge in [0.05, 0.1) is 5.52 Å². The summed E-state index contributed by atoms with van der Waals surface area (Å²) >= 11 is 0. The highest BCUT2D eigenvalue weighted by Gasteiger charge is 2.10. The summed E-state index contributed by atoms with van der Waals surface area (Å²) in [4.78, 5) is 3.43. The second-order valence-corrected chi connectivity index (χ2v) is 5.33. The molecule has 2 heteroatoms. The maximum Gasteiger partial charge on any atom is 0.0536 e. The maximum absolute atomic E-state index is 5.69. The number of fused-ring (bicyclic) bond motifs is 1. The van der Waals surface area contributed by atoms with Gasteiger partial charge in [-0.15, -0.1) is 0 Å². The summed E-state index contributed by atoms with van der Waals surface area (Å²) < 4.78 is 0. The second kappa shape index (κ2) is 5.14. The summed E-state index contributed by atoms with van der Waals surface area (Å²) in [6.07, 6.45) is 3.00. The molecule has 0 amide bonds. The standard InChI is InChI=1S/C18H20N2/c1-12-5-3-6-15(13(12)2)17-8-4-7-16-14(9-10-19)11-20-18(16)17/h3-8,11,20H,9-10,19H2,1-2H3. The number of nitrogens with one attached hydrogen (secondary N) is 1. The van der Waals surface area contributed by atoms with Crippen molar-refractivity contribution in [2.45, 2.75) is 20.3 Å². The Morgan fingerprint density at radius 3 is 2.55 bits per heavy atom. The predicted octanol–water partition coefficient (Wildman–Crippen LogP) is 3.95. The molecule has 3 N–H and O–H groups in total. The molecule has 2 aromatic carbocycles. The molecule has 1 aromatic heterocycles. The Morgan fingerprint density at radius 2 is 1.75 bits per heavy atom. The van der Waals surface area contributed by atoms with Gasteiger partial charge in [-0.1, -0.05) is 36.4 Å². The topological polar surface area (TPSA) is 41.8 Å². The Kier molecular flexibility index (Phi) is 3.33. The number of benzene rings is 2. The molecule has 3 rings (SSSR count). The smallest absolute Gasteiger partial charge is 0.0536 e. The molecule has 2 nitrogen and oxygen atoms in total. The van der Waals surface area contributed by atoms with E-state index >= 15 is 0 Å². The minimum Gasteiger partial charge on any atom is -0.360 e. The Labute approximate surface area is 119 Å².